The number of esters is 1. The number of ether oxygens (including phenoxy) is 7. The van der Waals surface area contributed by atoms with E-state index in [0.29, 0.717) is 72.0 Å². The normalized spacial score (nSPS) is 12.3. The Bertz CT molecular complexity index is 301. The summed E-state index contributed by atoms with van der Waals surface area (Å²) in [5.41, 5.74) is 0. The van der Waals surface area contributed by atoms with Gasteiger partial charge in [0.25, 0.3) is 0 Å². The molecule has 0 heterocycles. The number of carbonyl (C=O) groups excluding carboxylic acids is 1. The quantitative estimate of drug-likeness (QED) is 0.231. The van der Waals surface area contributed by atoms with Crippen LogP contribution in [0.15, 0.2) is 0 Å². The van der Waals surface area contributed by atoms with E-state index in [-0.39, 0.29) is 6.61 Å². The molecule has 0 rings (SSSR count). The second-order valence-corrected chi connectivity index (χ2v) is 5.67. The Kier molecular flexibility index (Phi) is 19.9. The highest BCUT2D eigenvalue weighted by molar-refractivity contribution is 5.70. The first-order chi connectivity index (χ1) is 12.7. The molecule has 0 spiro atoms. The molecule has 0 bridgehead atoms. The van der Waals surface area contributed by atoms with E-state index in [9.17, 15) is 4.79 Å². The van der Waals surface area contributed by atoms with E-state index in [1.54, 1.807) is 0 Å². The highest BCUT2D eigenvalue weighted by Gasteiger charge is 1.99. The van der Waals surface area contributed by atoms with Gasteiger partial charge in [0.2, 0.25) is 0 Å². The Balaban J connectivity index is 3.04. The van der Waals surface area contributed by atoms with E-state index < -0.39 is 5.97 Å². The fourth-order valence-electron chi connectivity index (χ4n) is 1.61. The average molecular weight is 380 g/mol. The van der Waals surface area contributed by atoms with Crippen LogP contribution in [0.4, 0.5) is 0 Å². The molecule has 1 unspecified atom stereocenters. The van der Waals surface area contributed by atoms with Gasteiger partial charge in [0.05, 0.1) is 73.2 Å². The molecule has 8 nitrogen and oxygen atoms in total. The Labute approximate surface area is 157 Å². The summed E-state index contributed by atoms with van der Waals surface area (Å²) in [4.78, 5) is 10.8. The number of carbonyl (C=O) groups is 1. The zero-order valence-corrected chi connectivity index (χ0v) is 16.5. The van der Waals surface area contributed by atoms with Crippen LogP contribution in [0.1, 0.15) is 20.3 Å². The minimum Gasteiger partial charge on any atom is -0.467 e. The standard InChI is InChI=1S/C18H36O8/c1-4-17(2)15-25-13-11-23-9-7-21-5-6-22-8-10-24-12-14-26-16-18(19)20-3/h17H,4-16H2,1-3H3. The summed E-state index contributed by atoms with van der Waals surface area (Å²) in [7, 11) is 1.32. The van der Waals surface area contributed by atoms with Gasteiger partial charge in [-0.3, -0.25) is 0 Å². The molecule has 0 amide bonds. The second-order valence-electron chi connectivity index (χ2n) is 5.67. The Morgan fingerprint density at radius 3 is 1.46 bits per heavy atom. The molecule has 0 aliphatic carbocycles. The van der Waals surface area contributed by atoms with Crippen molar-refractivity contribution in [1.82, 2.24) is 0 Å². The van der Waals surface area contributed by atoms with Gasteiger partial charge < -0.3 is 33.2 Å². The lowest BCUT2D eigenvalue weighted by Crippen LogP contribution is -2.15. The van der Waals surface area contributed by atoms with Crippen molar-refractivity contribution in [2.24, 2.45) is 5.92 Å². The Morgan fingerprint density at radius 1 is 0.692 bits per heavy atom. The topological polar surface area (TPSA) is 81.7 Å². The van der Waals surface area contributed by atoms with Gasteiger partial charge in [-0.25, -0.2) is 4.79 Å². The molecule has 26 heavy (non-hydrogen) atoms. The van der Waals surface area contributed by atoms with Gasteiger partial charge in [-0.1, -0.05) is 20.3 Å². The lowest BCUT2D eigenvalue weighted by atomic mass is 10.1. The van der Waals surface area contributed by atoms with Crippen LogP contribution < -0.4 is 0 Å². The largest absolute Gasteiger partial charge is 0.467 e. The van der Waals surface area contributed by atoms with E-state index in [0.717, 1.165) is 13.0 Å². The summed E-state index contributed by atoms with van der Waals surface area (Å²) in [6, 6.07) is 0. The summed E-state index contributed by atoms with van der Waals surface area (Å²) in [5.74, 6) is 0.206. The maximum absolute atomic E-state index is 10.8. The second kappa shape index (κ2) is 20.5. The van der Waals surface area contributed by atoms with Crippen LogP contribution in [-0.4, -0.2) is 92.4 Å². The minimum atomic E-state index is -0.395. The van der Waals surface area contributed by atoms with Crippen molar-refractivity contribution >= 4 is 5.97 Å². The lowest BCUT2D eigenvalue weighted by molar-refractivity contribution is -0.146. The monoisotopic (exact) mass is 380 g/mol. The maximum Gasteiger partial charge on any atom is 0.331 e. The van der Waals surface area contributed by atoms with E-state index in [4.69, 9.17) is 28.4 Å². The average Bonchev–Trinajstić information content (AvgIpc) is 2.66. The Hall–Kier alpha value is -0.770. The van der Waals surface area contributed by atoms with Crippen molar-refractivity contribution in [2.75, 3.05) is 86.4 Å². The highest BCUT2D eigenvalue weighted by atomic mass is 16.6. The van der Waals surface area contributed by atoms with Gasteiger partial charge in [0.1, 0.15) is 6.61 Å². The SMILES string of the molecule is CCC(C)COCCOCCOCCOCCOCCOCC(=O)OC. The van der Waals surface area contributed by atoms with Crippen molar-refractivity contribution in [3.8, 4) is 0 Å². The molecule has 0 N–H and O–H groups in total. The molecular formula is C18H36O8. The maximum atomic E-state index is 10.8. The predicted octanol–water partition coefficient (Wildman–Crippen LogP) is 1.31. The Morgan fingerprint density at radius 2 is 1.08 bits per heavy atom. The van der Waals surface area contributed by atoms with Crippen molar-refractivity contribution in [1.29, 1.82) is 0 Å². The van der Waals surface area contributed by atoms with Crippen LogP contribution in [0, 0.1) is 5.92 Å². The van der Waals surface area contributed by atoms with Gasteiger partial charge in [0, 0.05) is 6.61 Å². The van der Waals surface area contributed by atoms with Gasteiger partial charge in [-0.05, 0) is 5.92 Å². The van der Waals surface area contributed by atoms with Crippen LogP contribution in [0.2, 0.25) is 0 Å². The van der Waals surface area contributed by atoms with Crippen molar-refractivity contribution in [3.05, 3.63) is 0 Å². The number of rotatable bonds is 20. The number of hydrogen-bond acceptors (Lipinski definition) is 8. The molecular weight excluding hydrogens is 344 g/mol. The molecule has 0 aliphatic heterocycles. The van der Waals surface area contributed by atoms with E-state index in [1.807, 2.05) is 0 Å². The zero-order valence-electron chi connectivity index (χ0n) is 16.5. The van der Waals surface area contributed by atoms with E-state index >= 15 is 0 Å². The third kappa shape index (κ3) is 19.6. The predicted molar refractivity (Wildman–Crippen MR) is 96.4 cm³/mol. The van der Waals surface area contributed by atoms with Gasteiger partial charge in [-0.2, -0.15) is 0 Å². The summed E-state index contributed by atoms with van der Waals surface area (Å²) < 4.78 is 36.4. The fraction of sp³-hybridized carbons (Fsp3) is 0.944. The molecule has 0 radical (unpaired) electrons. The summed E-state index contributed by atoms with van der Waals surface area (Å²) >= 11 is 0. The zero-order chi connectivity index (χ0) is 19.3. The first-order valence-corrected chi connectivity index (χ1v) is 9.24. The molecule has 0 aromatic rings. The molecule has 156 valence electrons. The third-order valence-corrected chi connectivity index (χ3v) is 3.41. The first-order valence-electron chi connectivity index (χ1n) is 9.24. The van der Waals surface area contributed by atoms with Crippen LogP contribution in [-0.2, 0) is 38.0 Å². The van der Waals surface area contributed by atoms with Gasteiger partial charge in [0.15, 0.2) is 0 Å². The number of hydrogen-bond donors (Lipinski definition) is 0. The van der Waals surface area contributed by atoms with Gasteiger partial charge in [-0.15, -0.1) is 0 Å². The lowest BCUT2D eigenvalue weighted by Gasteiger charge is -2.10. The summed E-state index contributed by atoms with van der Waals surface area (Å²) in [6.07, 6.45) is 1.13. The molecule has 0 saturated carbocycles. The van der Waals surface area contributed by atoms with Crippen LogP contribution in [0.3, 0.4) is 0 Å². The van der Waals surface area contributed by atoms with Crippen LogP contribution >= 0.6 is 0 Å². The molecule has 1 atom stereocenters. The van der Waals surface area contributed by atoms with Crippen molar-refractivity contribution in [3.63, 3.8) is 0 Å². The molecule has 0 saturated heterocycles. The van der Waals surface area contributed by atoms with Crippen LogP contribution in [0.25, 0.3) is 0 Å². The van der Waals surface area contributed by atoms with Crippen molar-refractivity contribution in [2.45, 2.75) is 20.3 Å². The molecule has 0 fully saturated rings. The van der Waals surface area contributed by atoms with Gasteiger partial charge >= 0.3 is 5.97 Å². The highest BCUT2D eigenvalue weighted by Crippen LogP contribution is 1.99. The summed E-state index contributed by atoms with van der Waals surface area (Å²) in [6.45, 7) is 10.1. The molecule has 8 heteroatoms. The minimum absolute atomic E-state index is 0.0531. The summed E-state index contributed by atoms with van der Waals surface area (Å²) in [5, 5.41) is 0. The molecule has 0 aromatic heterocycles. The van der Waals surface area contributed by atoms with Crippen molar-refractivity contribution < 1.29 is 38.0 Å². The molecule has 0 aromatic carbocycles. The van der Waals surface area contributed by atoms with E-state index in [1.165, 1.54) is 7.11 Å². The fourth-order valence-corrected chi connectivity index (χ4v) is 1.61. The number of methoxy groups -OCH3 is 1. The van der Waals surface area contributed by atoms with Crippen LogP contribution in [0.5, 0.6) is 0 Å². The third-order valence-electron chi connectivity index (χ3n) is 3.41. The molecule has 0 aliphatic rings. The first kappa shape index (κ1) is 25.2. The van der Waals surface area contributed by atoms with E-state index in [2.05, 4.69) is 18.6 Å². The smallest absolute Gasteiger partial charge is 0.331 e.